The Kier molecular flexibility index (Phi) is 6.34. The fraction of sp³-hybridized carbons (Fsp3) is 0.476. The normalized spacial score (nSPS) is 14.8. The molecule has 2 aromatic heterocycles. The molecular formula is C21H27N3O3S. The van der Waals surface area contributed by atoms with Crippen molar-refractivity contribution in [2.45, 2.75) is 26.7 Å². The summed E-state index contributed by atoms with van der Waals surface area (Å²) >= 11 is 1.65. The lowest BCUT2D eigenvalue weighted by Gasteiger charge is -2.31. The number of pyridine rings is 1. The van der Waals surface area contributed by atoms with Gasteiger partial charge in [0.1, 0.15) is 5.82 Å². The second-order valence-electron chi connectivity index (χ2n) is 7.27. The molecular weight excluding hydrogens is 374 g/mol. The fourth-order valence-electron chi connectivity index (χ4n) is 3.41. The summed E-state index contributed by atoms with van der Waals surface area (Å²) in [4.78, 5) is 34.6. The average Bonchev–Trinajstić information content (AvgIpc) is 3.13. The first-order valence-electron chi connectivity index (χ1n) is 9.60. The monoisotopic (exact) mass is 401 g/mol. The van der Waals surface area contributed by atoms with Crippen LogP contribution in [-0.2, 0) is 9.53 Å². The Balaban J connectivity index is 1.77. The number of thiophene rings is 1. The molecule has 28 heavy (non-hydrogen) atoms. The van der Waals surface area contributed by atoms with Crippen LogP contribution in [0.2, 0.25) is 0 Å². The van der Waals surface area contributed by atoms with E-state index in [1.807, 2.05) is 43.0 Å². The zero-order valence-corrected chi connectivity index (χ0v) is 17.7. The van der Waals surface area contributed by atoms with Gasteiger partial charge in [-0.3, -0.25) is 9.59 Å². The molecule has 0 atom stereocenters. The highest BCUT2D eigenvalue weighted by Gasteiger charge is 2.30. The van der Waals surface area contributed by atoms with Crippen molar-refractivity contribution in [1.29, 1.82) is 0 Å². The molecule has 3 rings (SSSR count). The molecule has 0 aromatic carbocycles. The molecule has 0 saturated carbocycles. The zero-order chi connectivity index (χ0) is 20.3. The van der Waals surface area contributed by atoms with Gasteiger partial charge in [0.05, 0.1) is 28.7 Å². The van der Waals surface area contributed by atoms with Gasteiger partial charge < -0.3 is 14.5 Å². The minimum absolute atomic E-state index is 0.0348. The third kappa shape index (κ3) is 4.35. The minimum Gasteiger partial charge on any atom is -0.466 e. The van der Waals surface area contributed by atoms with Crippen molar-refractivity contribution >= 4 is 29.0 Å². The second kappa shape index (κ2) is 8.73. The van der Waals surface area contributed by atoms with Gasteiger partial charge in [-0.2, -0.15) is 0 Å². The van der Waals surface area contributed by atoms with Crippen molar-refractivity contribution in [3.8, 4) is 10.6 Å². The van der Waals surface area contributed by atoms with E-state index in [0.717, 1.165) is 10.6 Å². The van der Waals surface area contributed by atoms with E-state index >= 15 is 0 Å². The number of carbonyl (C=O) groups excluding carboxylic acids is 2. The van der Waals surface area contributed by atoms with Crippen LogP contribution in [0.15, 0.2) is 23.6 Å². The number of ether oxygens (including phenoxy) is 1. The van der Waals surface area contributed by atoms with Crippen LogP contribution >= 0.6 is 11.3 Å². The van der Waals surface area contributed by atoms with E-state index in [4.69, 9.17) is 9.72 Å². The number of aryl methyl sites for hydroxylation is 1. The predicted octanol–water partition coefficient (Wildman–Crippen LogP) is 3.60. The topological polar surface area (TPSA) is 62.7 Å². The maximum Gasteiger partial charge on any atom is 0.309 e. The Morgan fingerprint density at radius 3 is 2.57 bits per heavy atom. The lowest BCUT2D eigenvalue weighted by Crippen LogP contribution is -2.41. The Labute approximate surface area is 170 Å². The lowest BCUT2D eigenvalue weighted by molar-refractivity contribution is -0.149. The number of esters is 1. The summed E-state index contributed by atoms with van der Waals surface area (Å²) in [7, 11) is 3.80. The summed E-state index contributed by atoms with van der Waals surface area (Å²) in [5, 5.41) is 2.10. The van der Waals surface area contributed by atoms with Gasteiger partial charge in [-0.1, -0.05) is 0 Å². The first kappa shape index (κ1) is 20.3. The molecule has 0 radical (unpaired) electrons. The maximum absolute atomic E-state index is 13.1. The number of hydrogen-bond donors (Lipinski definition) is 0. The smallest absolute Gasteiger partial charge is 0.309 e. The van der Waals surface area contributed by atoms with Gasteiger partial charge in [0.25, 0.3) is 5.91 Å². The van der Waals surface area contributed by atoms with E-state index in [2.05, 4.69) is 18.4 Å². The molecule has 1 aliphatic rings. The van der Waals surface area contributed by atoms with Crippen molar-refractivity contribution in [3.05, 3.63) is 34.7 Å². The standard InChI is InChI=1S/C21H27N3O3S/c1-5-27-21(26)15-8-10-24(11-9-15)20(25)16-6-7-17(22-19(16)23(3)4)18-12-14(2)13-28-18/h6-7,12-13,15H,5,8-11H2,1-4H3. The number of anilines is 1. The molecule has 1 fully saturated rings. The SMILES string of the molecule is CCOC(=O)C1CCN(C(=O)c2ccc(-c3cc(C)cs3)nc2N(C)C)CC1. The first-order chi connectivity index (χ1) is 13.4. The van der Waals surface area contributed by atoms with Crippen LogP contribution in [0.25, 0.3) is 10.6 Å². The molecule has 0 N–H and O–H groups in total. The van der Waals surface area contributed by atoms with Gasteiger partial charge in [-0.25, -0.2) is 4.98 Å². The molecule has 0 aliphatic carbocycles. The van der Waals surface area contributed by atoms with Crippen molar-refractivity contribution in [1.82, 2.24) is 9.88 Å². The Bertz CT molecular complexity index is 854. The molecule has 0 unspecified atom stereocenters. The number of carbonyl (C=O) groups is 2. The summed E-state index contributed by atoms with van der Waals surface area (Å²) in [5.41, 5.74) is 2.67. The Morgan fingerprint density at radius 2 is 2.00 bits per heavy atom. The van der Waals surface area contributed by atoms with Crippen LogP contribution in [0.4, 0.5) is 5.82 Å². The van der Waals surface area contributed by atoms with E-state index in [1.54, 1.807) is 11.3 Å². The summed E-state index contributed by atoms with van der Waals surface area (Å²) < 4.78 is 5.11. The first-order valence-corrected chi connectivity index (χ1v) is 10.5. The molecule has 0 spiro atoms. The highest BCUT2D eigenvalue weighted by molar-refractivity contribution is 7.13. The minimum atomic E-state index is -0.152. The third-order valence-electron chi connectivity index (χ3n) is 4.91. The van der Waals surface area contributed by atoms with Crippen LogP contribution in [0.1, 0.15) is 35.7 Å². The van der Waals surface area contributed by atoms with E-state index in [0.29, 0.717) is 43.9 Å². The van der Waals surface area contributed by atoms with Crippen molar-refractivity contribution in [2.24, 2.45) is 5.92 Å². The van der Waals surface area contributed by atoms with E-state index in [-0.39, 0.29) is 17.8 Å². The van der Waals surface area contributed by atoms with Gasteiger partial charge in [0.15, 0.2) is 0 Å². The predicted molar refractivity (Wildman–Crippen MR) is 112 cm³/mol. The lowest BCUT2D eigenvalue weighted by atomic mass is 9.96. The van der Waals surface area contributed by atoms with Gasteiger partial charge in [-0.05, 0) is 55.8 Å². The molecule has 6 nitrogen and oxygen atoms in total. The van der Waals surface area contributed by atoms with Crippen molar-refractivity contribution in [2.75, 3.05) is 38.7 Å². The highest BCUT2D eigenvalue weighted by Crippen LogP contribution is 2.30. The molecule has 0 bridgehead atoms. The molecule has 1 amide bonds. The number of nitrogens with zero attached hydrogens (tertiary/aromatic N) is 3. The Hall–Kier alpha value is -2.41. The number of aromatic nitrogens is 1. The van der Waals surface area contributed by atoms with Crippen molar-refractivity contribution < 1.29 is 14.3 Å². The number of likely N-dealkylation sites (tertiary alicyclic amines) is 1. The fourth-order valence-corrected chi connectivity index (χ4v) is 4.28. The van der Waals surface area contributed by atoms with Crippen LogP contribution in [0, 0.1) is 12.8 Å². The molecule has 2 aromatic rings. The van der Waals surface area contributed by atoms with Crippen LogP contribution in [0.5, 0.6) is 0 Å². The Morgan fingerprint density at radius 1 is 1.29 bits per heavy atom. The maximum atomic E-state index is 13.1. The average molecular weight is 402 g/mol. The van der Waals surface area contributed by atoms with E-state index in [9.17, 15) is 9.59 Å². The van der Waals surface area contributed by atoms with E-state index in [1.165, 1.54) is 5.56 Å². The molecule has 7 heteroatoms. The van der Waals surface area contributed by atoms with Gasteiger partial charge in [-0.15, -0.1) is 11.3 Å². The van der Waals surface area contributed by atoms with E-state index < -0.39 is 0 Å². The third-order valence-corrected chi connectivity index (χ3v) is 5.98. The number of amides is 1. The molecule has 3 heterocycles. The summed E-state index contributed by atoms with van der Waals surface area (Å²) in [6, 6.07) is 5.89. The van der Waals surface area contributed by atoms with Gasteiger partial charge in [0, 0.05) is 27.2 Å². The second-order valence-corrected chi connectivity index (χ2v) is 8.18. The van der Waals surface area contributed by atoms with Gasteiger partial charge >= 0.3 is 5.97 Å². The van der Waals surface area contributed by atoms with Crippen LogP contribution < -0.4 is 4.90 Å². The largest absolute Gasteiger partial charge is 0.466 e. The zero-order valence-electron chi connectivity index (χ0n) is 16.9. The number of piperidine rings is 1. The summed E-state index contributed by atoms with van der Waals surface area (Å²) in [6.07, 6.45) is 1.28. The highest BCUT2D eigenvalue weighted by atomic mass is 32.1. The van der Waals surface area contributed by atoms with Crippen molar-refractivity contribution in [3.63, 3.8) is 0 Å². The van der Waals surface area contributed by atoms with Crippen LogP contribution in [0.3, 0.4) is 0 Å². The summed E-state index contributed by atoms with van der Waals surface area (Å²) in [6.45, 7) is 5.38. The molecule has 150 valence electrons. The number of hydrogen-bond acceptors (Lipinski definition) is 6. The molecule has 1 aliphatic heterocycles. The van der Waals surface area contributed by atoms with Gasteiger partial charge in [0.2, 0.25) is 0 Å². The number of rotatable bonds is 5. The van der Waals surface area contributed by atoms with Crippen LogP contribution in [-0.4, -0.2) is 55.6 Å². The quantitative estimate of drug-likeness (QED) is 0.717. The summed E-state index contributed by atoms with van der Waals surface area (Å²) in [5.74, 6) is 0.370. The molecule has 1 saturated heterocycles.